The summed E-state index contributed by atoms with van der Waals surface area (Å²) < 4.78 is 2.01. The first kappa shape index (κ1) is 23.4. The monoisotopic (exact) mass is 490 g/mol. The highest BCUT2D eigenvalue weighted by molar-refractivity contribution is 5.89. The third kappa shape index (κ3) is 4.85. The largest absolute Gasteiger partial charge is 0.326 e. The second-order valence-corrected chi connectivity index (χ2v) is 10.2. The zero-order valence-corrected chi connectivity index (χ0v) is 20.9. The summed E-state index contributed by atoms with van der Waals surface area (Å²) in [6, 6.07) is 26.3. The number of amides is 1. The summed E-state index contributed by atoms with van der Waals surface area (Å²) in [5.41, 5.74) is 7.59. The Labute approximate surface area is 216 Å². The number of carbonyl (C=O) groups is 1. The number of piperidine rings is 1. The van der Waals surface area contributed by atoms with Gasteiger partial charge in [-0.25, -0.2) is 0 Å². The molecule has 6 rings (SSSR count). The van der Waals surface area contributed by atoms with Crippen molar-refractivity contribution in [2.45, 2.75) is 32.4 Å². The summed E-state index contributed by atoms with van der Waals surface area (Å²) in [7, 11) is 0. The van der Waals surface area contributed by atoms with Gasteiger partial charge in [-0.15, -0.1) is 0 Å². The first-order valence-electron chi connectivity index (χ1n) is 12.9. The van der Waals surface area contributed by atoms with Gasteiger partial charge in [-0.05, 0) is 53.8 Å². The van der Waals surface area contributed by atoms with Gasteiger partial charge in [-0.1, -0.05) is 42.5 Å². The fourth-order valence-electron chi connectivity index (χ4n) is 6.00. The van der Waals surface area contributed by atoms with Crippen LogP contribution in [0.1, 0.15) is 30.5 Å². The van der Waals surface area contributed by atoms with Crippen LogP contribution in [-0.4, -0.2) is 33.4 Å². The number of benzene rings is 2. The summed E-state index contributed by atoms with van der Waals surface area (Å²) in [5.74, 6) is 0.685. The highest BCUT2D eigenvalue weighted by Crippen LogP contribution is 2.40. The van der Waals surface area contributed by atoms with Crippen LogP contribution in [0.2, 0.25) is 0 Å². The van der Waals surface area contributed by atoms with Crippen molar-refractivity contribution in [2.75, 3.05) is 18.4 Å². The standard InChI is InChI=1S/C31H30N4O2/c1-21(36)33-27-11-9-24(10-12-27)28-13-14-30(37)35-19-23-16-26(31(28)35)20-34(18-23)17-22-5-7-25(8-6-22)29-4-2-3-15-32-29/h2-15,23,26H,16-20H2,1H3,(H,33,36)/t23-,26+/m0/s1. The van der Waals surface area contributed by atoms with Crippen LogP contribution in [0.5, 0.6) is 0 Å². The molecule has 0 saturated carbocycles. The molecule has 0 radical (unpaired) electrons. The zero-order chi connectivity index (χ0) is 25.4. The topological polar surface area (TPSA) is 67.2 Å². The Balaban J connectivity index is 1.24. The lowest BCUT2D eigenvalue weighted by atomic mass is 9.80. The summed E-state index contributed by atoms with van der Waals surface area (Å²) >= 11 is 0. The maximum atomic E-state index is 12.9. The van der Waals surface area contributed by atoms with Gasteiger partial charge in [-0.2, -0.15) is 0 Å². The van der Waals surface area contributed by atoms with E-state index in [4.69, 9.17) is 0 Å². The van der Waals surface area contributed by atoms with Crippen LogP contribution >= 0.6 is 0 Å². The van der Waals surface area contributed by atoms with Crippen molar-refractivity contribution in [1.82, 2.24) is 14.5 Å². The van der Waals surface area contributed by atoms with Crippen LogP contribution < -0.4 is 10.9 Å². The molecule has 0 aliphatic carbocycles. The molecule has 2 aromatic heterocycles. The summed E-state index contributed by atoms with van der Waals surface area (Å²) in [6.07, 6.45) is 2.93. The van der Waals surface area contributed by atoms with Crippen molar-refractivity contribution in [1.29, 1.82) is 0 Å². The number of nitrogens with zero attached hydrogens (tertiary/aromatic N) is 3. The number of anilines is 1. The Morgan fingerprint density at radius 3 is 2.43 bits per heavy atom. The first-order chi connectivity index (χ1) is 18.0. The fourth-order valence-corrected chi connectivity index (χ4v) is 6.00. The van der Waals surface area contributed by atoms with Gasteiger partial charge in [0, 0.05) is 73.8 Å². The van der Waals surface area contributed by atoms with Crippen LogP contribution in [0.4, 0.5) is 5.69 Å². The third-order valence-corrected chi connectivity index (χ3v) is 7.50. The number of fused-ring (bicyclic) bond motifs is 4. The van der Waals surface area contributed by atoms with Gasteiger partial charge in [0.1, 0.15) is 0 Å². The number of pyridine rings is 2. The highest BCUT2D eigenvalue weighted by atomic mass is 16.1. The Morgan fingerprint density at radius 1 is 0.919 bits per heavy atom. The van der Waals surface area contributed by atoms with E-state index in [9.17, 15) is 9.59 Å². The Kier molecular flexibility index (Phi) is 6.18. The predicted molar refractivity (Wildman–Crippen MR) is 146 cm³/mol. The van der Waals surface area contributed by atoms with Gasteiger partial charge in [-0.3, -0.25) is 19.5 Å². The Morgan fingerprint density at radius 2 is 1.70 bits per heavy atom. The molecule has 37 heavy (non-hydrogen) atoms. The van der Waals surface area contributed by atoms with Crippen molar-refractivity contribution in [3.63, 3.8) is 0 Å². The van der Waals surface area contributed by atoms with E-state index in [1.807, 2.05) is 59.3 Å². The smallest absolute Gasteiger partial charge is 0.250 e. The van der Waals surface area contributed by atoms with Crippen molar-refractivity contribution >= 4 is 11.6 Å². The molecule has 1 N–H and O–H groups in total. The maximum absolute atomic E-state index is 12.9. The van der Waals surface area contributed by atoms with E-state index in [2.05, 4.69) is 39.5 Å². The number of carbonyl (C=O) groups excluding carboxylic acids is 1. The molecular weight excluding hydrogens is 460 g/mol. The fraction of sp³-hybridized carbons (Fsp3) is 0.258. The van der Waals surface area contributed by atoms with E-state index < -0.39 is 0 Å². The van der Waals surface area contributed by atoms with Crippen LogP contribution in [0, 0.1) is 5.92 Å². The lowest BCUT2D eigenvalue weighted by Gasteiger charge is -2.43. The van der Waals surface area contributed by atoms with E-state index in [-0.39, 0.29) is 11.5 Å². The third-order valence-electron chi connectivity index (χ3n) is 7.50. The lowest BCUT2D eigenvalue weighted by Crippen LogP contribution is -2.47. The molecule has 2 aromatic carbocycles. The first-order valence-corrected chi connectivity index (χ1v) is 12.9. The average molecular weight is 491 g/mol. The number of nitrogens with one attached hydrogen (secondary N) is 1. The van der Waals surface area contributed by atoms with Crippen molar-refractivity contribution in [2.24, 2.45) is 5.92 Å². The van der Waals surface area contributed by atoms with Gasteiger partial charge < -0.3 is 9.88 Å². The van der Waals surface area contributed by atoms with Crippen LogP contribution in [0.15, 0.2) is 89.9 Å². The maximum Gasteiger partial charge on any atom is 0.250 e. The minimum atomic E-state index is -0.0869. The van der Waals surface area contributed by atoms with Crippen LogP contribution in [0.3, 0.4) is 0 Å². The molecule has 1 amide bonds. The average Bonchev–Trinajstić information content (AvgIpc) is 2.90. The molecule has 2 aliphatic heterocycles. The number of likely N-dealkylation sites (tertiary alicyclic amines) is 1. The molecule has 2 atom stereocenters. The molecule has 2 aliphatic rings. The van der Waals surface area contributed by atoms with E-state index in [0.29, 0.717) is 11.8 Å². The molecular formula is C31H30N4O2. The number of aromatic nitrogens is 2. The van der Waals surface area contributed by atoms with Crippen molar-refractivity contribution < 1.29 is 4.79 Å². The van der Waals surface area contributed by atoms with Crippen LogP contribution in [0.25, 0.3) is 22.4 Å². The molecule has 6 heteroatoms. The quantitative estimate of drug-likeness (QED) is 0.420. The number of hydrogen-bond acceptors (Lipinski definition) is 4. The summed E-state index contributed by atoms with van der Waals surface area (Å²) in [5, 5.41) is 2.83. The molecule has 6 nitrogen and oxygen atoms in total. The van der Waals surface area contributed by atoms with Gasteiger partial charge in [0.2, 0.25) is 5.91 Å². The molecule has 4 aromatic rings. The second-order valence-electron chi connectivity index (χ2n) is 10.2. The molecule has 4 heterocycles. The van der Waals surface area contributed by atoms with E-state index >= 15 is 0 Å². The SMILES string of the molecule is CC(=O)Nc1ccc(-c2ccc(=O)n3c2[C@@H]2C[C@@H](CN(Cc4ccc(-c5ccccn5)cc4)C2)C3)cc1. The summed E-state index contributed by atoms with van der Waals surface area (Å²) in [6.45, 7) is 5.10. The van der Waals surface area contributed by atoms with Gasteiger partial charge in [0.25, 0.3) is 5.56 Å². The number of hydrogen-bond donors (Lipinski definition) is 1. The van der Waals surface area contributed by atoms with E-state index in [1.165, 1.54) is 12.5 Å². The Bertz CT molecular complexity index is 1480. The molecule has 1 saturated heterocycles. The minimum absolute atomic E-state index is 0.0851. The van der Waals surface area contributed by atoms with Gasteiger partial charge in [0.15, 0.2) is 0 Å². The second kappa shape index (κ2) is 9.79. The van der Waals surface area contributed by atoms with Crippen molar-refractivity contribution in [3.8, 4) is 22.4 Å². The molecule has 186 valence electrons. The molecule has 2 bridgehead atoms. The van der Waals surface area contributed by atoms with Gasteiger partial charge >= 0.3 is 0 Å². The number of rotatable bonds is 5. The van der Waals surface area contributed by atoms with Crippen molar-refractivity contribution in [3.05, 3.63) is 107 Å². The molecule has 1 fully saturated rings. The Hall–Kier alpha value is -4.03. The van der Waals surface area contributed by atoms with E-state index in [1.54, 1.807) is 6.07 Å². The highest BCUT2D eigenvalue weighted by Gasteiger charge is 2.36. The minimum Gasteiger partial charge on any atom is -0.326 e. The summed E-state index contributed by atoms with van der Waals surface area (Å²) in [4.78, 5) is 31.3. The predicted octanol–water partition coefficient (Wildman–Crippen LogP) is 5.16. The zero-order valence-electron chi connectivity index (χ0n) is 20.9. The normalized spacial score (nSPS) is 18.7. The van der Waals surface area contributed by atoms with Crippen LogP contribution in [-0.2, 0) is 17.9 Å². The molecule has 0 spiro atoms. The van der Waals surface area contributed by atoms with E-state index in [0.717, 1.165) is 66.4 Å². The lowest BCUT2D eigenvalue weighted by molar-refractivity contribution is -0.114. The molecule has 0 unspecified atom stereocenters. The van der Waals surface area contributed by atoms with Gasteiger partial charge in [0.05, 0.1) is 5.69 Å².